The van der Waals surface area contributed by atoms with Crippen molar-refractivity contribution in [2.24, 2.45) is 5.41 Å². The van der Waals surface area contributed by atoms with E-state index in [9.17, 15) is 0 Å². The molecule has 86 valence electrons. The summed E-state index contributed by atoms with van der Waals surface area (Å²) >= 11 is 0. The number of nitrogens with two attached hydrogens (primary N) is 1. The van der Waals surface area contributed by atoms with Crippen LogP contribution >= 0.6 is 0 Å². The van der Waals surface area contributed by atoms with Gasteiger partial charge in [0.2, 0.25) is 0 Å². The highest BCUT2D eigenvalue weighted by molar-refractivity contribution is 5.86. The van der Waals surface area contributed by atoms with Crippen LogP contribution in [-0.4, -0.2) is 11.5 Å². The molecule has 0 spiro atoms. The van der Waals surface area contributed by atoms with E-state index in [1.165, 1.54) is 0 Å². The van der Waals surface area contributed by atoms with Gasteiger partial charge >= 0.3 is 0 Å². The maximum Gasteiger partial charge on any atom is 0.295 e. The Balaban J connectivity index is 2.24. The molecule has 3 N–H and O–H groups in total. The van der Waals surface area contributed by atoms with Crippen molar-refractivity contribution in [2.45, 2.75) is 20.8 Å². The number of nitrogens with zero attached hydrogens (tertiary/aromatic N) is 1. The van der Waals surface area contributed by atoms with Gasteiger partial charge < -0.3 is 15.5 Å². The quantitative estimate of drug-likeness (QED) is 0.762. The van der Waals surface area contributed by atoms with E-state index >= 15 is 0 Å². The van der Waals surface area contributed by atoms with E-state index in [-0.39, 0.29) is 5.41 Å². The average Bonchev–Trinajstić information content (AvgIpc) is 2.58. The molecule has 0 saturated carbocycles. The number of anilines is 2. The molecule has 1 heterocycles. The zero-order valence-corrected chi connectivity index (χ0v) is 9.87. The fourth-order valence-electron chi connectivity index (χ4n) is 1.39. The molecule has 16 heavy (non-hydrogen) atoms. The molecule has 0 fully saturated rings. The highest BCUT2D eigenvalue weighted by Gasteiger charge is 2.12. The average molecular weight is 219 g/mol. The molecule has 0 saturated heterocycles. The first kappa shape index (κ1) is 10.8. The summed E-state index contributed by atoms with van der Waals surface area (Å²) in [4.78, 5) is 4.31. The van der Waals surface area contributed by atoms with Crippen molar-refractivity contribution in [1.82, 2.24) is 4.98 Å². The number of fused-ring (bicyclic) bond motifs is 1. The zero-order chi connectivity index (χ0) is 11.8. The molecule has 1 aromatic carbocycles. The Morgan fingerprint density at radius 3 is 2.75 bits per heavy atom. The van der Waals surface area contributed by atoms with Crippen LogP contribution in [0.3, 0.4) is 0 Å². The minimum Gasteiger partial charge on any atom is -0.423 e. The van der Waals surface area contributed by atoms with Crippen molar-refractivity contribution in [3.8, 4) is 0 Å². The maximum absolute atomic E-state index is 5.80. The number of oxazole rings is 1. The SMILES string of the molecule is CC(C)(C)CNc1nc2c(N)cccc2o1. The Morgan fingerprint density at radius 1 is 1.38 bits per heavy atom. The van der Waals surface area contributed by atoms with Crippen LogP contribution in [0.15, 0.2) is 22.6 Å². The molecule has 0 atom stereocenters. The first-order valence-electron chi connectivity index (χ1n) is 5.35. The third-order valence-corrected chi connectivity index (χ3v) is 2.22. The van der Waals surface area contributed by atoms with E-state index in [4.69, 9.17) is 10.2 Å². The second kappa shape index (κ2) is 3.70. The number of nitrogens with one attached hydrogen (secondary N) is 1. The highest BCUT2D eigenvalue weighted by Crippen LogP contribution is 2.24. The lowest BCUT2D eigenvalue weighted by molar-refractivity contribution is 0.435. The van der Waals surface area contributed by atoms with Gasteiger partial charge in [-0.05, 0) is 17.5 Å². The summed E-state index contributed by atoms with van der Waals surface area (Å²) in [5.41, 5.74) is 8.07. The van der Waals surface area contributed by atoms with Gasteiger partial charge in [-0.15, -0.1) is 0 Å². The number of hydrogen-bond acceptors (Lipinski definition) is 4. The third kappa shape index (κ3) is 2.27. The van der Waals surface area contributed by atoms with Gasteiger partial charge in [-0.3, -0.25) is 0 Å². The number of para-hydroxylation sites is 1. The van der Waals surface area contributed by atoms with Crippen LogP contribution in [-0.2, 0) is 0 Å². The zero-order valence-electron chi connectivity index (χ0n) is 9.87. The van der Waals surface area contributed by atoms with Crippen LogP contribution < -0.4 is 11.1 Å². The summed E-state index contributed by atoms with van der Waals surface area (Å²) in [5, 5.41) is 3.17. The largest absolute Gasteiger partial charge is 0.423 e. The molecule has 0 radical (unpaired) electrons. The first-order valence-corrected chi connectivity index (χ1v) is 5.35. The molecule has 1 aromatic heterocycles. The van der Waals surface area contributed by atoms with Crippen molar-refractivity contribution >= 4 is 22.8 Å². The summed E-state index contributed by atoms with van der Waals surface area (Å²) in [6.45, 7) is 7.25. The predicted molar refractivity (Wildman–Crippen MR) is 66.4 cm³/mol. The van der Waals surface area contributed by atoms with Gasteiger partial charge in [0.25, 0.3) is 6.01 Å². The highest BCUT2D eigenvalue weighted by atomic mass is 16.4. The Morgan fingerprint density at radius 2 is 2.12 bits per heavy atom. The molecule has 0 unspecified atom stereocenters. The van der Waals surface area contributed by atoms with Gasteiger partial charge in [0.15, 0.2) is 5.58 Å². The third-order valence-electron chi connectivity index (χ3n) is 2.22. The second-order valence-electron chi connectivity index (χ2n) is 5.13. The van der Waals surface area contributed by atoms with E-state index in [0.29, 0.717) is 11.7 Å². The Hall–Kier alpha value is -1.71. The monoisotopic (exact) mass is 219 g/mol. The van der Waals surface area contributed by atoms with Crippen LogP contribution in [0, 0.1) is 5.41 Å². The summed E-state index contributed by atoms with van der Waals surface area (Å²) in [7, 11) is 0. The topological polar surface area (TPSA) is 64.1 Å². The van der Waals surface area contributed by atoms with Crippen LogP contribution in [0.5, 0.6) is 0 Å². The number of hydrogen-bond donors (Lipinski definition) is 2. The van der Waals surface area contributed by atoms with Gasteiger partial charge in [0.1, 0.15) is 5.52 Å². The van der Waals surface area contributed by atoms with Crippen LogP contribution in [0.2, 0.25) is 0 Å². The molecule has 2 rings (SSSR count). The molecule has 0 amide bonds. The number of nitrogen functional groups attached to an aromatic ring is 1. The molecule has 0 bridgehead atoms. The summed E-state index contributed by atoms with van der Waals surface area (Å²) in [6.07, 6.45) is 0. The molecule has 4 heteroatoms. The fourth-order valence-corrected chi connectivity index (χ4v) is 1.39. The summed E-state index contributed by atoms with van der Waals surface area (Å²) in [5.74, 6) is 0. The van der Waals surface area contributed by atoms with E-state index in [1.807, 2.05) is 18.2 Å². The minimum atomic E-state index is 0.187. The van der Waals surface area contributed by atoms with E-state index in [0.717, 1.165) is 17.6 Å². The van der Waals surface area contributed by atoms with Gasteiger partial charge in [0, 0.05) is 6.54 Å². The Bertz CT molecular complexity index is 496. The number of rotatable bonds is 2. The van der Waals surface area contributed by atoms with Crippen molar-refractivity contribution in [3.05, 3.63) is 18.2 Å². The number of benzene rings is 1. The molecular weight excluding hydrogens is 202 g/mol. The van der Waals surface area contributed by atoms with Gasteiger partial charge in [0.05, 0.1) is 5.69 Å². The lowest BCUT2D eigenvalue weighted by atomic mass is 9.97. The molecule has 0 aliphatic carbocycles. The first-order chi connectivity index (χ1) is 7.46. The van der Waals surface area contributed by atoms with E-state index in [2.05, 4.69) is 31.1 Å². The van der Waals surface area contributed by atoms with Gasteiger partial charge in [-0.25, -0.2) is 0 Å². The second-order valence-corrected chi connectivity index (χ2v) is 5.13. The lowest BCUT2D eigenvalue weighted by Crippen LogP contribution is -2.19. The van der Waals surface area contributed by atoms with E-state index in [1.54, 1.807) is 0 Å². The van der Waals surface area contributed by atoms with Crippen molar-refractivity contribution in [1.29, 1.82) is 0 Å². The number of aromatic nitrogens is 1. The lowest BCUT2D eigenvalue weighted by Gasteiger charge is -2.17. The molecular formula is C12H17N3O. The van der Waals surface area contributed by atoms with Gasteiger partial charge in [-0.2, -0.15) is 4.98 Å². The van der Waals surface area contributed by atoms with Crippen LogP contribution in [0.4, 0.5) is 11.7 Å². The standard InChI is InChI=1S/C12H17N3O/c1-12(2,3)7-14-11-15-10-8(13)5-4-6-9(10)16-11/h4-6H,7,13H2,1-3H3,(H,14,15). The molecule has 0 aliphatic rings. The Kier molecular flexibility index (Phi) is 2.50. The summed E-state index contributed by atoms with van der Waals surface area (Å²) in [6, 6.07) is 6.07. The van der Waals surface area contributed by atoms with Crippen molar-refractivity contribution in [2.75, 3.05) is 17.6 Å². The van der Waals surface area contributed by atoms with Crippen molar-refractivity contribution < 1.29 is 4.42 Å². The van der Waals surface area contributed by atoms with Crippen LogP contribution in [0.25, 0.3) is 11.1 Å². The predicted octanol–water partition coefficient (Wildman–Crippen LogP) is 2.87. The normalized spacial score (nSPS) is 11.9. The fraction of sp³-hybridized carbons (Fsp3) is 0.417. The smallest absolute Gasteiger partial charge is 0.295 e. The minimum absolute atomic E-state index is 0.187. The molecule has 4 nitrogen and oxygen atoms in total. The van der Waals surface area contributed by atoms with Gasteiger partial charge in [-0.1, -0.05) is 26.8 Å². The van der Waals surface area contributed by atoms with Crippen molar-refractivity contribution in [3.63, 3.8) is 0 Å². The Labute approximate surface area is 94.8 Å². The molecule has 0 aliphatic heterocycles. The van der Waals surface area contributed by atoms with E-state index < -0.39 is 0 Å². The summed E-state index contributed by atoms with van der Waals surface area (Å²) < 4.78 is 5.54. The molecule has 2 aromatic rings. The maximum atomic E-state index is 5.80. The van der Waals surface area contributed by atoms with Crippen LogP contribution in [0.1, 0.15) is 20.8 Å².